The molecule has 2 rings (SSSR count). The molecule has 1 fully saturated rings. The predicted octanol–water partition coefficient (Wildman–Crippen LogP) is 2.58. The Kier molecular flexibility index (Phi) is 6.60. The molecule has 1 aliphatic rings. The summed E-state index contributed by atoms with van der Waals surface area (Å²) in [6.07, 6.45) is 1.91. The molecule has 1 aromatic rings. The first-order valence-corrected chi connectivity index (χ1v) is 8.78. The van der Waals surface area contributed by atoms with E-state index in [4.69, 9.17) is 4.74 Å². The highest BCUT2D eigenvalue weighted by Gasteiger charge is 2.35. The Bertz CT molecular complexity index is 479. The van der Waals surface area contributed by atoms with Crippen LogP contribution in [0.25, 0.3) is 0 Å². The highest BCUT2D eigenvalue weighted by atomic mass is 16.5. The van der Waals surface area contributed by atoms with E-state index in [9.17, 15) is 4.79 Å². The first-order chi connectivity index (χ1) is 11.1. The van der Waals surface area contributed by atoms with Crippen molar-refractivity contribution in [3.05, 3.63) is 35.9 Å². The van der Waals surface area contributed by atoms with Crippen molar-refractivity contribution < 1.29 is 9.53 Å². The van der Waals surface area contributed by atoms with Crippen LogP contribution in [0.2, 0.25) is 0 Å². The van der Waals surface area contributed by atoms with Crippen molar-refractivity contribution in [2.75, 3.05) is 32.8 Å². The fourth-order valence-corrected chi connectivity index (χ4v) is 3.46. The van der Waals surface area contributed by atoms with Crippen molar-refractivity contribution in [1.29, 1.82) is 0 Å². The smallest absolute Gasteiger partial charge is 0.237 e. The first kappa shape index (κ1) is 18.0. The third kappa shape index (κ3) is 4.33. The summed E-state index contributed by atoms with van der Waals surface area (Å²) in [4.78, 5) is 14.7. The highest BCUT2D eigenvalue weighted by Crippen LogP contribution is 2.34. The molecule has 1 aromatic carbocycles. The molecule has 1 N–H and O–H groups in total. The molecular weight excluding hydrogens is 288 g/mol. The molecule has 4 nitrogen and oxygen atoms in total. The van der Waals surface area contributed by atoms with Gasteiger partial charge in [-0.3, -0.25) is 9.69 Å². The molecule has 0 aromatic heterocycles. The van der Waals surface area contributed by atoms with E-state index >= 15 is 0 Å². The van der Waals surface area contributed by atoms with Gasteiger partial charge in [0.15, 0.2) is 0 Å². The van der Waals surface area contributed by atoms with Gasteiger partial charge in [0, 0.05) is 25.2 Å². The van der Waals surface area contributed by atoms with Crippen molar-refractivity contribution in [2.24, 2.45) is 0 Å². The number of hydrogen-bond acceptors (Lipinski definition) is 3. The largest absolute Gasteiger partial charge is 0.381 e. The van der Waals surface area contributed by atoms with E-state index in [1.807, 2.05) is 13.0 Å². The lowest BCUT2D eigenvalue weighted by molar-refractivity contribution is -0.126. The van der Waals surface area contributed by atoms with Crippen LogP contribution < -0.4 is 5.32 Å². The van der Waals surface area contributed by atoms with Gasteiger partial charge in [0.05, 0.1) is 6.04 Å². The quantitative estimate of drug-likeness (QED) is 0.840. The number of carbonyl (C=O) groups is 1. The zero-order valence-corrected chi connectivity index (χ0v) is 14.7. The van der Waals surface area contributed by atoms with Crippen molar-refractivity contribution in [2.45, 2.75) is 45.1 Å². The van der Waals surface area contributed by atoms with Crippen LogP contribution in [-0.2, 0) is 14.9 Å². The molecule has 0 aliphatic carbocycles. The van der Waals surface area contributed by atoms with Crippen LogP contribution in [0.4, 0.5) is 0 Å². The Balaban J connectivity index is 2.06. The lowest BCUT2D eigenvalue weighted by Gasteiger charge is -2.38. The van der Waals surface area contributed by atoms with Gasteiger partial charge in [-0.15, -0.1) is 0 Å². The number of benzene rings is 1. The Morgan fingerprint density at radius 3 is 2.39 bits per heavy atom. The van der Waals surface area contributed by atoms with Gasteiger partial charge >= 0.3 is 0 Å². The molecule has 1 saturated heterocycles. The van der Waals surface area contributed by atoms with Crippen LogP contribution >= 0.6 is 0 Å². The Hall–Kier alpha value is -1.39. The summed E-state index contributed by atoms with van der Waals surface area (Å²) in [5, 5.41) is 3.20. The highest BCUT2D eigenvalue weighted by molar-refractivity contribution is 5.81. The molecule has 0 unspecified atom stereocenters. The summed E-state index contributed by atoms with van der Waals surface area (Å²) in [6.45, 7) is 10.2. The molecular formula is C19H30N2O2. The summed E-state index contributed by atoms with van der Waals surface area (Å²) in [5.41, 5.74) is 1.30. The summed E-state index contributed by atoms with van der Waals surface area (Å²) in [7, 11) is 0. The van der Waals surface area contributed by atoms with Gasteiger partial charge in [-0.05, 0) is 38.4 Å². The van der Waals surface area contributed by atoms with Crippen LogP contribution in [0.3, 0.4) is 0 Å². The molecule has 0 radical (unpaired) electrons. The summed E-state index contributed by atoms with van der Waals surface area (Å²) in [6, 6.07) is 10.5. The molecule has 0 saturated carbocycles. The SMILES string of the molecule is CCN(CC)[C@@H](C)C(=O)NCC1(c2ccccc2)CCOCC1. The average molecular weight is 318 g/mol. The second-order valence-electron chi connectivity index (χ2n) is 6.37. The van der Waals surface area contributed by atoms with E-state index in [-0.39, 0.29) is 17.4 Å². The number of rotatable bonds is 7. The zero-order valence-electron chi connectivity index (χ0n) is 14.7. The van der Waals surface area contributed by atoms with Gasteiger partial charge in [-0.2, -0.15) is 0 Å². The molecule has 1 amide bonds. The molecule has 1 heterocycles. The van der Waals surface area contributed by atoms with Gasteiger partial charge in [-0.25, -0.2) is 0 Å². The zero-order chi connectivity index (χ0) is 16.7. The second kappa shape index (κ2) is 8.46. The Morgan fingerprint density at radius 1 is 1.22 bits per heavy atom. The van der Waals surface area contributed by atoms with Crippen molar-refractivity contribution in [1.82, 2.24) is 10.2 Å². The minimum atomic E-state index is -0.0855. The van der Waals surface area contributed by atoms with Crippen molar-refractivity contribution in [3.8, 4) is 0 Å². The maximum Gasteiger partial charge on any atom is 0.237 e. The lowest BCUT2D eigenvalue weighted by atomic mass is 9.74. The van der Waals surface area contributed by atoms with Crippen molar-refractivity contribution >= 4 is 5.91 Å². The summed E-state index contributed by atoms with van der Waals surface area (Å²) in [5.74, 6) is 0.121. The van der Waals surface area contributed by atoms with E-state index in [0.717, 1.165) is 39.1 Å². The normalized spacial score (nSPS) is 18.6. The van der Waals surface area contributed by atoms with E-state index < -0.39 is 0 Å². The number of carbonyl (C=O) groups excluding carboxylic acids is 1. The fourth-order valence-electron chi connectivity index (χ4n) is 3.46. The van der Waals surface area contributed by atoms with E-state index in [2.05, 4.69) is 48.3 Å². The maximum absolute atomic E-state index is 12.5. The monoisotopic (exact) mass is 318 g/mol. The van der Waals surface area contributed by atoms with Gasteiger partial charge in [0.2, 0.25) is 5.91 Å². The third-order valence-electron chi connectivity index (χ3n) is 5.18. The number of hydrogen-bond donors (Lipinski definition) is 1. The van der Waals surface area contributed by atoms with E-state index in [0.29, 0.717) is 6.54 Å². The number of ether oxygens (including phenoxy) is 1. The maximum atomic E-state index is 12.5. The number of nitrogens with zero attached hydrogens (tertiary/aromatic N) is 1. The van der Waals surface area contributed by atoms with Gasteiger partial charge in [0.25, 0.3) is 0 Å². The topological polar surface area (TPSA) is 41.6 Å². The Morgan fingerprint density at radius 2 is 1.83 bits per heavy atom. The van der Waals surface area contributed by atoms with Gasteiger partial charge in [0.1, 0.15) is 0 Å². The minimum absolute atomic E-state index is 0.00184. The fraction of sp³-hybridized carbons (Fsp3) is 0.632. The molecule has 4 heteroatoms. The molecule has 1 aliphatic heterocycles. The van der Waals surface area contributed by atoms with Crippen molar-refractivity contribution in [3.63, 3.8) is 0 Å². The van der Waals surface area contributed by atoms with Gasteiger partial charge < -0.3 is 10.1 Å². The molecule has 0 spiro atoms. The number of nitrogens with one attached hydrogen (secondary N) is 1. The third-order valence-corrected chi connectivity index (χ3v) is 5.18. The van der Waals surface area contributed by atoms with E-state index in [1.165, 1.54) is 5.56 Å². The predicted molar refractivity (Wildman–Crippen MR) is 93.6 cm³/mol. The molecule has 0 bridgehead atoms. The minimum Gasteiger partial charge on any atom is -0.381 e. The van der Waals surface area contributed by atoms with Crippen LogP contribution in [0, 0.1) is 0 Å². The standard InChI is InChI=1S/C19H30N2O2/c1-4-21(5-2)16(3)18(22)20-15-19(11-13-23-14-12-19)17-9-7-6-8-10-17/h6-10,16H,4-5,11-15H2,1-3H3,(H,20,22)/t16-/m0/s1. The molecule has 23 heavy (non-hydrogen) atoms. The van der Waals surface area contributed by atoms with Crippen LogP contribution in [0.5, 0.6) is 0 Å². The average Bonchev–Trinajstić information content (AvgIpc) is 2.62. The van der Waals surface area contributed by atoms with Crippen LogP contribution in [0.15, 0.2) is 30.3 Å². The van der Waals surface area contributed by atoms with Gasteiger partial charge in [-0.1, -0.05) is 44.2 Å². The number of likely N-dealkylation sites (N-methyl/N-ethyl adjacent to an activating group) is 1. The molecule has 1 atom stereocenters. The first-order valence-electron chi connectivity index (χ1n) is 8.78. The summed E-state index contributed by atoms with van der Waals surface area (Å²) < 4.78 is 5.55. The molecule has 128 valence electrons. The lowest BCUT2D eigenvalue weighted by Crippen LogP contribution is -2.50. The second-order valence-corrected chi connectivity index (χ2v) is 6.37. The Labute approximate surface area is 140 Å². The number of amides is 1. The van der Waals surface area contributed by atoms with Crippen LogP contribution in [-0.4, -0.2) is 49.7 Å². The summed E-state index contributed by atoms with van der Waals surface area (Å²) >= 11 is 0. The van der Waals surface area contributed by atoms with Crippen LogP contribution in [0.1, 0.15) is 39.2 Å². The van der Waals surface area contributed by atoms with E-state index in [1.54, 1.807) is 0 Å².